The van der Waals surface area contributed by atoms with Crippen molar-refractivity contribution in [3.05, 3.63) is 46.3 Å². The SMILES string of the molecule is Cc1ccc(NC(=NC2CC(C)(C)NC(C)(C)C2)n2sc(C)cc2=N)cc1. The van der Waals surface area contributed by atoms with Gasteiger partial charge < -0.3 is 10.6 Å². The third-order valence-corrected chi connectivity index (χ3v) is 5.73. The Morgan fingerprint density at radius 2 is 1.74 bits per heavy atom. The summed E-state index contributed by atoms with van der Waals surface area (Å²) in [5.74, 6) is 0.737. The molecular weight excluding hydrogens is 354 g/mol. The van der Waals surface area contributed by atoms with Crippen molar-refractivity contribution in [2.45, 2.75) is 71.5 Å². The number of aliphatic imine (C=N–C) groups is 1. The molecule has 1 aromatic carbocycles. The van der Waals surface area contributed by atoms with Gasteiger partial charge in [0.2, 0.25) is 5.96 Å². The fraction of sp³-hybridized carbons (Fsp3) is 0.524. The average molecular weight is 386 g/mol. The maximum atomic E-state index is 8.34. The van der Waals surface area contributed by atoms with Crippen LogP contribution in [0.5, 0.6) is 0 Å². The van der Waals surface area contributed by atoms with E-state index in [1.54, 1.807) is 11.5 Å². The molecule has 0 amide bonds. The quantitative estimate of drug-likeness (QED) is 0.534. The third kappa shape index (κ3) is 5.08. The van der Waals surface area contributed by atoms with E-state index in [0.717, 1.165) is 29.4 Å². The van der Waals surface area contributed by atoms with E-state index in [-0.39, 0.29) is 17.1 Å². The van der Waals surface area contributed by atoms with Gasteiger partial charge in [-0.1, -0.05) is 29.2 Å². The summed E-state index contributed by atoms with van der Waals surface area (Å²) in [5.41, 5.74) is 2.74. The van der Waals surface area contributed by atoms with E-state index in [1.807, 2.05) is 16.9 Å². The lowest BCUT2D eigenvalue weighted by Gasteiger charge is -2.45. The molecule has 0 saturated carbocycles. The van der Waals surface area contributed by atoms with E-state index in [0.29, 0.717) is 5.49 Å². The van der Waals surface area contributed by atoms with Crippen LogP contribution in [-0.4, -0.2) is 27.0 Å². The minimum absolute atomic E-state index is 0.0325. The summed E-state index contributed by atoms with van der Waals surface area (Å²) in [7, 11) is 0. The second-order valence-corrected chi connectivity index (χ2v) is 10.1. The van der Waals surface area contributed by atoms with Crippen LogP contribution in [0.3, 0.4) is 0 Å². The number of hydrogen-bond donors (Lipinski definition) is 3. The minimum atomic E-state index is 0.0325. The molecule has 0 unspecified atom stereocenters. The third-order valence-electron chi connectivity index (χ3n) is 4.77. The Labute approximate surface area is 166 Å². The monoisotopic (exact) mass is 385 g/mol. The number of hydrogen-bond acceptors (Lipinski definition) is 4. The van der Waals surface area contributed by atoms with Crippen LogP contribution in [-0.2, 0) is 0 Å². The van der Waals surface area contributed by atoms with Gasteiger partial charge in [-0.3, -0.25) is 5.41 Å². The summed E-state index contributed by atoms with van der Waals surface area (Å²) >= 11 is 1.55. The molecule has 3 N–H and O–H groups in total. The normalized spacial score (nSPS) is 19.9. The van der Waals surface area contributed by atoms with E-state index >= 15 is 0 Å². The lowest BCUT2D eigenvalue weighted by molar-refractivity contribution is 0.164. The van der Waals surface area contributed by atoms with E-state index in [9.17, 15) is 0 Å². The standard InChI is InChI=1S/C21H31N5S/c1-14-7-9-16(10-8-14)23-19(26-18(22)11-15(2)27-26)24-17-12-20(3,4)25-21(5,6)13-17/h7-11,17,22,25H,12-13H2,1-6H3,(H,23,24). The molecular formula is C21H31N5S. The summed E-state index contributed by atoms with van der Waals surface area (Å²) in [6.07, 6.45) is 1.93. The minimum Gasteiger partial charge on any atom is -0.325 e. The van der Waals surface area contributed by atoms with Crippen molar-refractivity contribution in [2.24, 2.45) is 4.99 Å². The molecule has 0 aliphatic carbocycles. The highest BCUT2D eigenvalue weighted by molar-refractivity contribution is 7.07. The fourth-order valence-electron chi connectivity index (χ4n) is 4.06. The number of aryl methyl sites for hydroxylation is 2. The zero-order valence-corrected chi connectivity index (χ0v) is 18.0. The van der Waals surface area contributed by atoms with Gasteiger partial charge in [0.05, 0.1) is 6.04 Å². The van der Waals surface area contributed by atoms with Gasteiger partial charge in [0.15, 0.2) is 0 Å². The van der Waals surface area contributed by atoms with Crippen LogP contribution in [0.1, 0.15) is 51.0 Å². The lowest BCUT2D eigenvalue weighted by Crippen LogP contribution is -2.59. The highest BCUT2D eigenvalue weighted by Gasteiger charge is 2.37. The number of piperidine rings is 1. The van der Waals surface area contributed by atoms with Crippen molar-refractivity contribution in [1.29, 1.82) is 5.41 Å². The predicted molar refractivity (Wildman–Crippen MR) is 115 cm³/mol. The maximum absolute atomic E-state index is 8.34. The van der Waals surface area contributed by atoms with E-state index in [4.69, 9.17) is 10.4 Å². The first kappa shape index (κ1) is 19.8. The molecule has 27 heavy (non-hydrogen) atoms. The summed E-state index contributed by atoms with van der Waals surface area (Å²) in [6, 6.07) is 10.4. The van der Waals surface area contributed by atoms with E-state index in [2.05, 4.69) is 69.5 Å². The van der Waals surface area contributed by atoms with Crippen LogP contribution in [0.15, 0.2) is 35.3 Å². The van der Waals surface area contributed by atoms with Crippen LogP contribution in [0.2, 0.25) is 0 Å². The van der Waals surface area contributed by atoms with Crippen LogP contribution in [0.4, 0.5) is 5.69 Å². The number of aromatic nitrogens is 1. The van der Waals surface area contributed by atoms with Gasteiger partial charge >= 0.3 is 0 Å². The Bertz CT molecular complexity index is 870. The smallest absolute Gasteiger partial charge is 0.218 e. The van der Waals surface area contributed by atoms with Crippen molar-refractivity contribution in [2.75, 3.05) is 5.32 Å². The number of rotatable bonds is 2. The second-order valence-electron chi connectivity index (χ2n) is 8.92. The largest absolute Gasteiger partial charge is 0.325 e. The lowest BCUT2D eigenvalue weighted by atomic mass is 9.80. The number of nitrogens with zero attached hydrogens (tertiary/aromatic N) is 2. The Morgan fingerprint density at radius 3 is 2.26 bits per heavy atom. The molecule has 1 aliphatic heterocycles. The van der Waals surface area contributed by atoms with Crippen molar-refractivity contribution >= 4 is 23.2 Å². The molecule has 146 valence electrons. The van der Waals surface area contributed by atoms with Crippen LogP contribution >= 0.6 is 11.5 Å². The molecule has 1 saturated heterocycles. The summed E-state index contributed by atoms with van der Waals surface area (Å²) in [5, 5.41) is 15.5. The van der Waals surface area contributed by atoms with Crippen molar-refractivity contribution in [3.63, 3.8) is 0 Å². The van der Waals surface area contributed by atoms with Gasteiger partial charge in [-0.15, -0.1) is 0 Å². The van der Waals surface area contributed by atoms with Crippen LogP contribution in [0.25, 0.3) is 0 Å². The van der Waals surface area contributed by atoms with Crippen molar-refractivity contribution < 1.29 is 0 Å². The summed E-state index contributed by atoms with van der Waals surface area (Å²) in [6.45, 7) is 13.1. The van der Waals surface area contributed by atoms with E-state index < -0.39 is 0 Å². The first-order valence-corrected chi connectivity index (χ1v) is 10.3. The zero-order valence-electron chi connectivity index (χ0n) is 17.2. The Balaban J connectivity index is 1.98. The second kappa shape index (κ2) is 7.24. The van der Waals surface area contributed by atoms with E-state index in [1.165, 1.54) is 5.56 Å². The van der Waals surface area contributed by atoms with Gasteiger partial charge in [-0.05, 0) is 72.6 Å². The molecule has 5 nitrogen and oxygen atoms in total. The molecule has 0 atom stereocenters. The highest BCUT2D eigenvalue weighted by atomic mass is 32.1. The molecule has 3 rings (SSSR count). The number of nitrogens with one attached hydrogen (secondary N) is 3. The molecule has 2 heterocycles. The molecule has 1 aliphatic rings. The molecule has 1 fully saturated rings. The van der Waals surface area contributed by atoms with Gasteiger partial charge in [-0.25, -0.2) is 8.95 Å². The van der Waals surface area contributed by atoms with Gasteiger partial charge in [-0.2, -0.15) is 0 Å². The highest BCUT2D eigenvalue weighted by Crippen LogP contribution is 2.30. The molecule has 0 radical (unpaired) electrons. The average Bonchev–Trinajstić information content (AvgIpc) is 2.84. The molecule has 6 heteroatoms. The summed E-state index contributed by atoms with van der Waals surface area (Å²) < 4.78 is 1.89. The van der Waals surface area contributed by atoms with Gasteiger partial charge in [0.1, 0.15) is 5.49 Å². The zero-order chi connectivity index (χ0) is 19.8. The van der Waals surface area contributed by atoms with Crippen LogP contribution < -0.4 is 16.1 Å². The fourth-order valence-corrected chi connectivity index (χ4v) is 4.84. The molecule has 1 aromatic heterocycles. The van der Waals surface area contributed by atoms with Crippen molar-refractivity contribution in [3.8, 4) is 0 Å². The predicted octanol–water partition coefficient (Wildman–Crippen LogP) is 4.27. The first-order valence-electron chi connectivity index (χ1n) is 9.49. The van der Waals surface area contributed by atoms with Crippen LogP contribution in [0, 0.1) is 19.3 Å². The maximum Gasteiger partial charge on any atom is 0.218 e. The number of anilines is 1. The first-order chi connectivity index (χ1) is 12.5. The molecule has 2 aromatic rings. The summed E-state index contributed by atoms with van der Waals surface area (Å²) in [4.78, 5) is 6.21. The number of benzene rings is 1. The van der Waals surface area contributed by atoms with Gasteiger partial charge in [0, 0.05) is 21.6 Å². The Kier molecular flexibility index (Phi) is 5.32. The van der Waals surface area contributed by atoms with Gasteiger partial charge in [0.25, 0.3) is 0 Å². The Morgan fingerprint density at radius 1 is 1.15 bits per heavy atom. The Hall–Kier alpha value is -1.92. The van der Waals surface area contributed by atoms with Crippen molar-refractivity contribution in [1.82, 2.24) is 9.27 Å². The topological polar surface area (TPSA) is 65.2 Å². The molecule has 0 bridgehead atoms. The molecule has 0 spiro atoms.